The summed E-state index contributed by atoms with van der Waals surface area (Å²) in [6.45, 7) is 12.3. The maximum absolute atomic E-state index is 13.1. The molecule has 25 heavy (non-hydrogen) atoms. The van der Waals surface area contributed by atoms with Crippen molar-refractivity contribution in [2.24, 2.45) is 11.8 Å². The SMILES string of the molecule is Cc1cc(C)cc(-n2c(C)cc(C(=O)N3C[C@H]4CNC[C@H]4C3)c2C)c1. The van der Waals surface area contributed by atoms with Crippen molar-refractivity contribution in [2.45, 2.75) is 27.7 Å². The number of carbonyl (C=O) groups excluding carboxylic acids is 1. The van der Waals surface area contributed by atoms with Gasteiger partial charge in [-0.1, -0.05) is 6.07 Å². The van der Waals surface area contributed by atoms with Crippen LogP contribution in [-0.2, 0) is 0 Å². The van der Waals surface area contributed by atoms with Gasteiger partial charge in [0.15, 0.2) is 0 Å². The zero-order valence-corrected chi connectivity index (χ0v) is 15.6. The highest BCUT2D eigenvalue weighted by Gasteiger charge is 2.38. The summed E-state index contributed by atoms with van der Waals surface area (Å²) in [4.78, 5) is 15.2. The molecule has 0 bridgehead atoms. The van der Waals surface area contributed by atoms with E-state index in [4.69, 9.17) is 0 Å². The predicted octanol–water partition coefficient (Wildman–Crippen LogP) is 3.00. The first-order valence-corrected chi connectivity index (χ1v) is 9.21. The number of nitrogens with one attached hydrogen (secondary N) is 1. The van der Waals surface area contributed by atoms with Crippen LogP contribution in [0.5, 0.6) is 0 Å². The average molecular weight is 337 g/mol. The molecule has 3 heterocycles. The van der Waals surface area contributed by atoms with Crippen LogP contribution in [0.1, 0.15) is 32.9 Å². The van der Waals surface area contributed by atoms with E-state index >= 15 is 0 Å². The van der Waals surface area contributed by atoms with Crippen molar-refractivity contribution >= 4 is 5.91 Å². The summed E-state index contributed by atoms with van der Waals surface area (Å²) in [6.07, 6.45) is 0. The zero-order valence-electron chi connectivity index (χ0n) is 15.6. The molecular formula is C21H27N3O. The molecule has 1 amide bonds. The second-order valence-corrected chi connectivity index (χ2v) is 7.85. The van der Waals surface area contributed by atoms with Gasteiger partial charge in [0.2, 0.25) is 0 Å². The summed E-state index contributed by atoms with van der Waals surface area (Å²) >= 11 is 0. The van der Waals surface area contributed by atoms with Crippen LogP contribution in [-0.4, -0.2) is 41.6 Å². The number of hydrogen-bond acceptors (Lipinski definition) is 2. The molecule has 2 fully saturated rings. The maximum Gasteiger partial charge on any atom is 0.255 e. The number of aromatic nitrogens is 1. The number of fused-ring (bicyclic) bond motifs is 1. The molecular weight excluding hydrogens is 310 g/mol. The predicted molar refractivity (Wildman–Crippen MR) is 100 cm³/mol. The van der Waals surface area contributed by atoms with E-state index in [1.807, 2.05) is 0 Å². The van der Waals surface area contributed by atoms with Crippen LogP contribution < -0.4 is 5.32 Å². The minimum Gasteiger partial charge on any atom is -0.338 e. The lowest BCUT2D eigenvalue weighted by atomic mass is 10.0. The van der Waals surface area contributed by atoms with E-state index in [0.29, 0.717) is 11.8 Å². The number of hydrogen-bond donors (Lipinski definition) is 1. The Balaban J connectivity index is 1.67. The summed E-state index contributed by atoms with van der Waals surface area (Å²) in [6, 6.07) is 8.61. The summed E-state index contributed by atoms with van der Waals surface area (Å²) in [5.41, 5.74) is 6.65. The van der Waals surface area contributed by atoms with Gasteiger partial charge in [0.05, 0.1) is 5.56 Å². The Morgan fingerprint density at radius 3 is 2.16 bits per heavy atom. The van der Waals surface area contributed by atoms with Crippen molar-refractivity contribution in [3.8, 4) is 5.69 Å². The quantitative estimate of drug-likeness (QED) is 0.915. The van der Waals surface area contributed by atoms with Crippen molar-refractivity contribution in [3.63, 3.8) is 0 Å². The van der Waals surface area contributed by atoms with Gasteiger partial charge in [0.1, 0.15) is 0 Å². The Morgan fingerprint density at radius 1 is 0.960 bits per heavy atom. The van der Waals surface area contributed by atoms with Crippen LogP contribution in [0.3, 0.4) is 0 Å². The van der Waals surface area contributed by atoms with E-state index in [9.17, 15) is 4.79 Å². The molecule has 132 valence electrons. The molecule has 0 radical (unpaired) electrons. The van der Waals surface area contributed by atoms with Gasteiger partial charge in [0, 0.05) is 43.3 Å². The number of amides is 1. The molecule has 4 heteroatoms. The first-order chi connectivity index (χ1) is 11.9. The third-order valence-electron chi connectivity index (χ3n) is 5.80. The molecule has 0 unspecified atom stereocenters. The van der Waals surface area contributed by atoms with Crippen LogP contribution in [0.4, 0.5) is 0 Å². The Kier molecular flexibility index (Phi) is 3.95. The molecule has 0 saturated carbocycles. The topological polar surface area (TPSA) is 37.3 Å². The van der Waals surface area contributed by atoms with E-state index in [1.54, 1.807) is 0 Å². The summed E-state index contributed by atoms with van der Waals surface area (Å²) in [5.74, 6) is 1.46. The van der Waals surface area contributed by atoms with Crippen LogP contribution >= 0.6 is 0 Å². The van der Waals surface area contributed by atoms with Gasteiger partial charge in [-0.25, -0.2) is 0 Å². The van der Waals surface area contributed by atoms with Gasteiger partial charge in [-0.2, -0.15) is 0 Å². The lowest BCUT2D eigenvalue weighted by Gasteiger charge is -2.18. The fourth-order valence-corrected chi connectivity index (χ4v) is 4.65. The van der Waals surface area contributed by atoms with Crippen LogP contribution in [0.2, 0.25) is 0 Å². The Labute approximate surface area is 149 Å². The van der Waals surface area contributed by atoms with Gasteiger partial charge < -0.3 is 14.8 Å². The molecule has 2 atom stereocenters. The van der Waals surface area contributed by atoms with Gasteiger partial charge in [-0.3, -0.25) is 4.79 Å². The average Bonchev–Trinajstić information content (AvgIpc) is 3.19. The molecule has 4 rings (SSSR count). The highest BCUT2D eigenvalue weighted by Crippen LogP contribution is 2.29. The highest BCUT2D eigenvalue weighted by atomic mass is 16.2. The molecule has 2 saturated heterocycles. The van der Waals surface area contributed by atoms with Gasteiger partial charge in [-0.05, 0) is 68.9 Å². The molecule has 0 aliphatic carbocycles. The van der Waals surface area contributed by atoms with E-state index < -0.39 is 0 Å². The molecule has 1 aromatic carbocycles. The normalized spacial score (nSPS) is 22.5. The standard InChI is InChI=1S/C21H27N3O/c1-13-5-14(2)7-19(6-13)24-15(3)8-20(16(24)4)21(25)23-11-17-9-22-10-18(17)12-23/h5-8,17-18,22H,9-12H2,1-4H3/t17-,18+. The summed E-state index contributed by atoms with van der Waals surface area (Å²) in [7, 11) is 0. The molecule has 0 spiro atoms. The van der Waals surface area contributed by atoms with Crippen LogP contribution in [0.25, 0.3) is 5.69 Å². The molecule has 2 aromatic rings. The van der Waals surface area contributed by atoms with Crippen molar-refractivity contribution in [2.75, 3.05) is 26.2 Å². The van der Waals surface area contributed by atoms with Crippen molar-refractivity contribution in [3.05, 3.63) is 52.3 Å². The zero-order chi connectivity index (χ0) is 17.7. The first kappa shape index (κ1) is 16.4. The number of nitrogens with zero attached hydrogens (tertiary/aromatic N) is 2. The van der Waals surface area contributed by atoms with Crippen molar-refractivity contribution in [1.29, 1.82) is 0 Å². The Morgan fingerprint density at radius 2 is 1.56 bits per heavy atom. The van der Waals surface area contributed by atoms with E-state index in [-0.39, 0.29) is 5.91 Å². The second-order valence-electron chi connectivity index (χ2n) is 7.85. The highest BCUT2D eigenvalue weighted by molar-refractivity contribution is 5.96. The summed E-state index contributed by atoms with van der Waals surface area (Å²) in [5, 5.41) is 3.44. The third-order valence-corrected chi connectivity index (χ3v) is 5.80. The Bertz CT molecular complexity index is 804. The smallest absolute Gasteiger partial charge is 0.255 e. The number of rotatable bonds is 2. The number of aryl methyl sites for hydroxylation is 3. The number of likely N-dealkylation sites (tertiary alicyclic amines) is 1. The van der Waals surface area contributed by atoms with Crippen LogP contribution in [0, 0.1) is 39.5 Å². The number of benzene rings is 1. The van der Waals surface area contributed by atoms with E-state index in [0.717, 1.165) is 48.8 Å². The minimum atomic E-state index is 0.193. The summed E-state index contributed by atoms with van der Waals surface area (Å²) < 4.78 is 2.21. The Hall–Kier alpha value is -2.07. The van der Waals surface area contributed by atoms with E-state index in [1.165, 1.54) is 11.1 Å². The fraction of sp³-hybridized carbons (Fsp3) is 0.476. The van der Waals surface area contributed by atoms with Crippen molar-refractivity contribution < 1.29 is 4.79 Å². The van der Waals surface area contributed by atoms with E-state index in [2.05, 4.69) is 66.7 Å². The number of carbonyl (C=O) groups is 1. The molecule has 2 aliphatic rings. The lowest BCUT2D eigenvalue weighted by Crippen LogP contribution is -2.32. The fourth-order valence-electron chi connectivity index (χ4n) is 4.65. The van der Waals surface area contributed by atoms with Gasteiger partial charge >= 0.3 is 0 Å². The van der Waals surface area contributed by atoms with Crippen molar-refractivity contribution in [1.82, 2.24) is 14.8 Å². The molecule has 1 aromatic heterocycles. The van der Waals surface area contributed by atoms with Crippen LogP contribution in [0.15, 0.2) is 24.3 Å². The third kappa shape index (κ3) is 2.78. The molecule has 2 aliphatic heterocycles. The largest absolute Gasteiger partial charge is 0.338 e. The maximum atomic E-state index is 13.1. The lowest BCUT2D eigenvalue weighted by molar-refractivity contribution is 0.0781. The molecule has 4 nitrogen and oxygen atoms in total. The molecule has 1 N–H and O–H groups in total. The first-order valence-electron chi connectivity index (χ1n) is 9.21. The van der Waals surface area contributed by atoms with Gasteiger partial charge in [-0.15, -0.1) is 0 Å². The monoisotopic (exact) mass is 337 g/mol. The second kappa shape index (κ2) is 6.03. The minimum absolute atomic E-state index is 0.193. The van der Waals surface area contributed by atoms with Gasteiger partial charge in [0.25, 0.3) is 5.91 Å².